The Kier molecular flexibility index (Phi) is 4.17. The van der Waals surface area contributed by atoms with Gasteiger partial charge in [-0.2, -0.15) is 0 Å². The highest BCUT2D eigenvalue weighted by Crippen LogP contribution is 2.31. The van der Waals surface area contributed by atoms with Gasteiger partial charge >= 0.3 is 8.03 Å². The van der Waals surface area contributed by atoms with Gasteiger partial charge in [0.2, 0.25) is 5.30 Å². The number of hydrogen-bond acceptors (Lipinski definition) is 3. The Morgan fingerprint density at radius 3 is 2.14 bits per heavy atom. The summed E-state index contributed by atoms with van der Waals surface area (Å²) in [5.41, 5.74) is 1.72. The standard InChI is InChI=1S/C18H13O3P/c19-15-12-10-14(11-13-15)17-8-4-5-9-18(17)22(20)21-16-6-2-1-3-7-16/h1-13H/p+1. The maximum Gasteiger partial charge on any atom is 0.597 e. The molecule has 0 heterocycles. The second-order valence-corrected chi connectivity index (χ2v) is 5.90. The fraction of sp³-hybridized carbons (Fsp3) is 0. The van der Waals surface area contributed by atoms with Crippen molar-refractivity contribution in [1.82, 2.24) is 0 Å². The van der Waals surface area contributed by atoms with Crippen molar-refractivity contribution < 1.29 is 14.2 Å². The van der Waals surface area contributed by atoms with E-state index in [4.69, 9.17) is 4.52 Å². The summed E-state index contributed by atoms with van der Waals surface area (Å²) < 4.78 is 18.1. The van der Waals surface area contributed by atoms with Crippen molar-refractivity contribution in [3.8, 4) is 22.6 Å². The van der Waals surface area contributed by atoms with Crippen LogP contribution in [-0.2, 0) is 4.57 Å². The van der Waals surface area contributed by atoms with E-state index in [-0.39, 0.29) is 5.75 Å². The molecule has 1 unspecified atom stereocenters. The predicted octanol–water partition coefficient (Wildman–Crippen LogP) is 4.51. The first-order chi connectivity index (χ1) is 10.7. The number of phenols is 1. The lowest BCUT2D eigenvalue weighted by molar-refractivity contribution is 0.475. The molecular weight excluding hydrogens is 295 g/mol. The van der Waals surface area contributed by atoms with Gasteiger partial charge in [0.25, 0.3) is 0 Å². The van der Waals surface area contributed by atoms with Crippen LogP contribution in [0, 0.1) is 0 Å². The lowest BCUT2D eigenvalue weighted by atomic mass is 10.1. The fourth-order valence-corrected chi connectivity index (χ4v) is 3.16. The van der Waals surface area contributed by atoms with Gasteiger partial charge in [0, 0.05) is 5.56 Å². The van der Waals surface area contributed by atoms with Crippen LogP contribution >= 0.6 is 8.03 Å². The summed E-state index contributed by atoms with van der Waals surface area (Å²) >= 11 is 0. The van der Waals surface area contributed by atoms with Gasteiger partial charge in [-0.25, -0.2) is 0 Å². The van der Waals surface area contributed by atoms with Gasteiger partial charge in [0.05, 0.1) is 0 Å². The van der Waals surface area contributed by atoms with Gasteiger partial charge in [-0.05, 0) is 46.5 Å². The summed E-state index contributed by atoms with van der Waals surface area (Å²) in [5.74, 6) is 0.773. The van der Waals surface area contributed by atoms with Crippen LogP contribution in [0.1, 0.15) is 0 Å². The number of para-hydroxylation sites is 1. The van der Waals surface area contributed by atoms with Crippen molar-refractivity contribution in [3.63, 3.8) is 0 Å². The second-order valence-electron chi connectivity index (χ2n) is 4.73. The molecule has 0 fully saturated rings. The molecule has 0 saturated carbocycles. The van der Waals surface area contributed by atoms with Gasteiger partial charge < -0.3 is 5.11 Å². The topological polar surface area (TPSA) is 46.5 Å². The minimum atomic E-state index is -2.02. The summed E-state index contributed by atoms with van der Waals surface area (Å²) in [6.45, 7) is 0. The lowest BCUT2D eigenvalue weighted by Crippen LogP contribution is -2.04. The van der Waals surface area contributed by atoms with Crippen molar-refractivity contribution in [2.75, 3.05) is 0 Å². The number of rotatable bonds is 4. The van der Waals surface area contributed by atoms with Gasteiger partial charge in [-0.1, -0.05) is 42.5 Å². The molecule has 108 valence electrons. The van der Waals surface area contributed by atoms with E-state index in [1.165, 1.54) is 0 Å². The highest BCUT2D eigenvalue weighted by atomic mass is 31.1. The molecule has 1 atom stereocenters. The molecule has 3 aromatic rings. The van der Waals surface area contributed by atoms with Crippen LogP contribution in [-0.4, -0.2) is 5.11 Å². The average molecular weight is 309 g/mol. The van der Waals surface area contributed by atoms with Crippen LogP contribution in [0.3, 0.4) is 0 Å². The summed E-state index contributed by atoms with van der Waals surface area (Å²) in [4.78, 5) is 0. The molecule has 0 bridgehead atoms. The van der Waals surface area contributed by atoms with Crippen molar-refractivity contribution in [2.24, 2.45) is 0 Å². The zero-order valence-electron chi connectivity index (χ0n) is 11.7. The molecule has 0 aliphatic carbocycles. The van der Waals surface area contributed by atoms with Gasteiger partial charge in [-0.3, -0.25) is 4.52 Å². The SMILES string of the molecule is O=[P+](Oc1ccccc1)c1ccccc1-c1ccc(O)cc1. The van der Waals surface area contributed by atoms with E-state index in [0.29, 0.717) is 11.1 Å². The van der Waals surface area contributed by atoms with Crippen molar-refractivity contribution in [3.05, 3.63) is 78.9 Å². The third-order valence-electron chi connectivity index (χ3n) is 3.21. The highest BCUT2D eigenvalue weighted by molar-refractivity contribution is 7.49. The van der Waals surface area contributed by atoms with Gasteiger partial charge in [-0.15, -0.1) is 0 Å². The van der Waals surface area contributed by atoms with Crippen LogP contribution < -0.4 is 9.83 Å². The molecule has 0 aromatic heterocycles. The molecule has 3 nitrogen and oxygen atoms in total. The molecule has 0 saturated heterocycles. The monoisotopic (exact) mass is 309 g/mol. The van der Waals surface area contributed by atoms with E-state index >= 15 is 0 Å². The van der Waals surface area contributed by atoms with Crippen LogP contribution in [0.2, 0.25) is 0 Å². The molecule has 0 spiro atoms. The molecule has 0 amide bonds. The van der Waals surface area contributed by atoms with Gasteiger partial charge in [0.15, 0.2) is 5.75 Å². The maximum atomic E-state index is 12.6. The first-order valence-electron chi connectivity index (χ1n) is 6.83. The molecule has 3 rings (SSSR count). The molecular formula is C18H14O3P+. The smallest absolute Gasteiger partial charge is 0.508 e. The Bertz CT molecular complexity index is 783. The molecule has 22 heavy (non-hydrogen) atoms. The summed E-state index contributed by atoms with van der Waals surface area (Å²) in [5, 5.41) is 10.0. The van der Waals surface area contributed by atoms with E-state index in [1.54, 1.807) is 42.5 Å². The van der Waals surface area contributed by atoms with Crippen LogP contribution in [0.4, 0.5) is 0 Å². The van der Waals surface area contributed by atoms with Crippen LogP contribution in [0.25, 0.3) is 11.1 Å². The van der Waals surface area contributed by atoms with Gasteiger partial charge in [0.1, 0.15) is 5.75 Å². The Labute approximate surface area is 129 Å². The number of benzene rings is 3. The summed E-state index contributed by atoms with van der Waals surface area (Å²) in [7, 11) is -2.02. The largest absolute Gasteiger partial charge is 0.597 e. The minimum absolute atomic E-state index is 0.200. The normalized spacial score (nSPS) is 11.0. The first-order valence-corrected chi connectivity index (χ1v) is 8.00. The Morgan fingerprint density at radius 2 is 1.41 bits per heavy atom. The number of aromatic hydroxyl groups is 1. The molecule has 0 radical (unpaired) electrons. The molecule has 0 aliphatic rings. The van der Waals surface area contributed by atoms with Crippen molar-refractivity contribution in [1.29, 1.82) is 0 Å². The molecule has 1 N–H and O–H groups in total. The minimum Gasteiger partial charge on any atom is -0.508 e. The maximum absolute atomic E-state index is 12.6. The number of hydrogen-bond donors (Lipinski definition) is 1. The highest BCUT2D eigenvalue weighted by Gasteiger charge is 2.28. The second kappa shape index (κ2) is 6.42. The molecule has 3 aromatic carbocycles. The zero-order valence-corrected chi connectivity index (χ0v) is 12.6. The van der Waals surface area contributed by atoms with E-state index in [0.717, 1.165) is 11.1 Å². The number of phenolic OH excluding ortho intramolecular Hbond substituents is 1. The van der Waals surface area contributed by atoms with Crippen LogP contribution in [0.5, 0.6) is 11.5 Å². The van der Waals surface area contributed by atoms with Crippen LogP contribution in [0.15, 0.2) is 78.9 Å². The Morgan fingerprint density at radius 1 is 0.773 bits per heavy atom. The summed E-state index contributed by atoms with van der Waals surface area (Å²) in [6.07, 6.45) is 0. The molecule has 4 heteroatoms. The fourth-order valence-electron chi connectivity index (χ4n) is 2.14. The molecule has 0 aliphatic heterocycles. The zero-order chi connectivity index (χ0) is 15.4. The quantitative estimate of drug-likeness (QED) is 0.721. The summed E-state index contributed by atoms with van der Waals surface area (Å²) in [6, 6.07) is 23.3. The van der Waals surface area contributed by atoms with Crippen molar-refractivity contribution in [2.45, 2.75) is 0 Å². The Balaban J connectivity index is 1.94. The third-order valence-corrected chi connectivity index (χ3v) is 4.37. The van der Waals surface area contributed by atoms with E-state index in [2.05, 4.69) is 0 Å². The van der Waals surface area contributed by atoms with Crippen molar-refractivity contribution >= 4 is 13.3 Å². The third kappa shape index (κ3) is 3.16. The van der Waals surface area contributed by atoms with E-state index in [1.807, 2.05) is 36.4 Å². The predicted molar refractivity (Wildman–Crippen MR) is 87.9 cm³/mol. The van der Waals surface area contributed by atoms with E-state index in [9.17, 15) is 9.67 Å². The van der Waals surface area contributed by atoms with E-state index < -0.39 is 8.03 Å². The first kappa shape index (κ1) is 14.3. The lowest BCUT2D eigenvalue weighted by Gasteiger charge is -2.02. The Hall–Kier alpha value is -2.64. The average Bonchev–Trinajstić information content (AvgIpc) is 2.56.